The van der Waals surface area contributed by atoms with Crippen LogP contribution in [0.15, 0.2) is 48.5 Å². The Labute approximate surface area is 158 Å². The average Bonchev–Trinajstić information content (AvgIpc) is 3.48. The van der Waals surface area contributed by atoms with E-state index in [9.17, 15) is 9.59 Å². The first-order valence-electron chi connectivity index (χ1n) is 8.95. The second-order valence-corrected chi connectivity index (χ2v) is 6.61. The number of para-hydroxylation sites is 1. The molecular formula is C21H23NO5. The van der Waals surface area contributed by atoms with E-state index in [2.05, 4.69) is 5.32 Å². The molecule has 27 heavy (non-hydrogen) atoms. The highest BCUT2D eigenvalue weighted by molar-refractivity contribution is 6.01. The Kier molecular flexibility index (Phi) is 5.64. The molecule has 6 heteroatoms. The largest absolute Gasteiger partial charge is 0.496 e. The van der Waals surface area contributed by atoms with Gasteiger partial charge in [-0.1, -0.05) is 18.2 Å². The van der Waals surface area contributed by atoms with E-state index < -0.39 is 11.4 Å². The smallest absolute Gasteiger partial charge is 0.303 e. The number of aliphatic carboxylic acids is 1. The quantitative estimate of drug-likeness (QED) is 0.660. The molecule has 1 amide bonds. The first-order chi connectivity index (χ1) is 13.0. The van der Waals surface area contributed by atoms with Crippen LogP contribution in [0.4, 0.5) is 5.69 Å². The summed E-state index contributed by atoms with van der Waals surface area (Å²) in [5.74, 6) is 0.502. The minimum atomic E-state index is -0.833. The van der Waals surface area contributed by atoms with Gasteiger partial charge in [-0.05, 0) is 49.6 Å². The second-order valence-electron chi connectivity index (χ2n) is 6.61. The van der Waals surface area contributed by atoms with E-state index in [0.29, 0.717) is 24.5 Å². The standard InChI is InChI=1S/C21H23NO5/c1-26-18-6-3-2-5-17(18)21(12-13-21)20(25)22-15-8-10-16(11-9-15)27-14-4-7-19(23)24/h2-3,5-6,8-11H,4,7,12-14H2,1H3,(H,22,25)(H,23,24). The number of rotatable bonds is 9. The molecule has 1 fully saturated rings. The lowest BCUT2D eigenvalue weighted by atomic mass is 9.94. The maximum Gasteiger partial charge on any atom is 0.303 e. The molecule has 0 atom stereocenters. The highest BCUT2D eigenvalue weighted by Crippen LogP contribution is 2.51. The lowest BCUT2D eigenvalue weighted by Gasteiger charge is -2.18. The Morgan fingerprint density at radius 1 is 1.11 bits per heavy atom. The summed E-state index contributed by atoms with van der Waals surface area (Å²) in [5, 5.41) is 11.6. The van der Waals surface area contributed by atoms with Crippen molar-refractivity contribution < 1.29 is 24.2 Å². The molecule has 0 unspecified atom stereocenters. The van der Waals surface area contributed by atoms with Crippen molar-refractivity contribution in [3.63, 3.8) is 0 Å². The molecule has 0 bridgehead atoms. The van der Waals surface area contributed by atoms with Crippen LogP contribution in [0.2, 0.25) is 0 Å². The SMILES string of the molecule is COc1ccccc1C1(C(=O)Nc2ccc(OCCCC(=O)O)cc2)CC1. The predicted molar refractivity (Wildman–Crippen MR) is 101 cm³/mol. The summed E-state index contributed by atoms with van der Waals surface area (Å²) in [4.78, 5) is 23.4. The molecule has 1 aliphatic carbocycles. The monoisotopic (exact) mass is 369 g/mol. The Morgan fingerprint density at radius 3 is 2.44 bits per heavy atom. The van der Waals surface area contributed by atoms with Gasteiger partial charge in [0.25, 0.3) is 0 Å². The lowest BCUT2D eigenvalue weighted by Crippen LogP contribution is -2.28. The van der Waals surface area contributed by atoms with Gasteiger partial charge in [0.05, 0.1) is 19.1 Å². The van der Waals surface area contributed by atoms with E-state index >= 15 is 0 Å². The average molecular weight is 369 g/mol. The van der Waals surface area contributed by atoms with Gasteiger partial charge in [0.15, 0.2) is 0 Å². The predicted octanol–water partition coefficient (Wildman–Crippen LogP) is 3.61. The number of carbonyl (C=O) groups excluding carboxylic acids is 1. The number of hydrogen-bond donors (Lipinski definition) is 2. The molecule has 142 valence electrons. The number of carbonyl (C=O) groups is 2. The summed E-state index contributed by atoms with van der Waals surface area (Å²) in [7, 11) is 1.61. The van der Waals surface area contributed by atoms with Crippen molar-refractivity contribution in [1.29, 1.82) is 0 Å². The third-order valence-electron chi connectivity index (χ3n) is 4.72. The zero-order valence-electron chi connectivity index (χ0n) is 15.2. The summed E-state index contributed by atoms with van der Waals surface area (Å²) in [6.07, 6.45) is 2.13. The molecule has 1 saturated carbocycles. The van der Waals surface area contributed by atoms with E-state index in [0.717, 1.165) is 24.2 Å². The van der Waals surface area contributed by atoms with Gasteiger partial charge < -0.3 is 19.9 Å². The number of ether oxygens (including phenoxy) is 2. The van der Waals surface area contributed by atoms with Crippen molar-refractivity contribution in [2.45, 2.75) is 31.1 Å². The number of amides is 1. The van der Waals surface area contributed by atoms with Crippen LogP contribution in [0.1, 0.15) is 31.2 Å². The van der Waals surface area contributed by atoms with Crippen molar-refractivity contribution in [3.05, 3.63) is 54.1 Å². The van der Waals surface area contributed by atoms with Gasteiger partial charge >= 0.3 is 5.97 Å². The molecule has 0 aromatic heterocycles. The molecule has 0 radical (unpaired) electrons. The molecule has 2 aromatic carbocycles. The lowest BCUT2D eigenvalue weighted by molar-refractivity contribution is -0.137. The van der Waals surface area contributed by atoms with Crippen LogP contribution in [0.25, 0.3) is 0 Å². The number of carboxylic acids is 1. The summed E-state index contributed by atoms with van der Waals surface area (Å²) < 4.78 is 10.9. The molecule has 0 heterocycles. The van der Waals surface area contributed by atoms with Crippen LogP contribution in [0, 0.1) is 0 Å². The third-order valence-corrected chi connectivity index (χ3v) is 4.72. The zero-order valence-corrected chi connectivity index (χ0v) is 15.2. The molecule has 0 spiro atoms. The Bertz CT molecular complexity index is 812. The van der Waals surface area contributed by atoms with Gasteiger partial charge in [-0.15, -0.1) is 0 Å². The minimum Gasteiger partial charge on any atom is -0.496 e. The molecule has 0 aliphatic heterocycles. The normalized spacial score (nSPS) is 14.3. The number of nitrogens with one attached hydrogen (secondary N) is 1. The van der Waals surface area contributed by atoms with E-state index in [1.807, 2.05) is 24.3 Å². The van der Waals surface area contributed by atoms with Crippen LogP contribution < -0.4 is 14.8 Å². The summed E-state index contributed by atoms with van der Waals surface area (Å²) in [5.41, 5.74) is 1.08. The van der Waals surface area contributed by atoms with Crippen molar-refractivity contribution >= 4 is 17.6 Å². The van der Waals surface area contributed by atoms with E-state index in [1.165, 1.54) is 0 Å². The maximum absolute atomic E-state index is 12.9. The molecular weight excluding hydrogens is 346 g/mol. The summed E-state index contributed by atoms with van der Waals surface area (Å²) >= 11 is 0. The molecule has 0 saturated heterocycles. The number of carboxylic acid groups (broad SMARTS) is 1. The molecule has 6 nitrogen and oxygen atoms in total. The molecule has 1 aliphatic rings. The van der Waals surface area contributed by atoms with Crippen LogP contribution in [0.5, 0.6) is 11.5 Å². The number of methoxy groups -OCH3 is 1. The van der Waals surface area contributed by atoms with Gasteiger partial charge in [0.1, 0.15) is 11.5 Å². The zero-order chi connectivity index (χ0) is 19.3. The van der Waals surface area contributed by atoms with Crippen molar-refractivity contribution in [2.75, 3.05) is 19.0 Å². The van der Waals surface area contributed by atoms with E-state index in [1.54, 1.807) is 31.4 Å². The second kappa shape index (κ2) is 8.12. The van der Waals surface area contributed by atoms with Gasteiger partial charge in [-0.25, -0.2) is 0 Å². The first-order valence-corrected chi connectivity index (χ1v) is 8.95. The number of anilines is 1. The minimum absolute atomic E-state index is 0.0397. The fraction of sp³-hybridized carbons (Fsp3) is 0.333. The number of hydrogen-bond acceptors (Lipinski definition) is 4. The van der Waals surface area contributed by atoms with E-state index in [4.69, 9.17) is 14.6 Å². The van der Waals surface area contributed by atoms with Gasteiger partial charge in [0.2, 0.25) is 5.91 Å². The highest BCUT2D eigenvalue weighted by Gasteiger charge is 2.52. The molecule has 2 N–H and O–H groups in total. The van der Waals surface area contributed by atoms with Crippen molar-refractivity contribution in [3.8, 4) is 11.5 Å². The van der Waals surface area contributed by atoms with Crippen molar-refractivity contribution in [1.82, 2.24) is 0 Å². The third kappa shape index (κ3) is 4.39. The van der Waals surface area contributed by atoms with Crippen LogP contribution in [0.3, 0.4) is 0 Å². The summed E-state index contributed by atoms with van der Waals surface area (Å²) in [6, 6.07) is 14.7. The van der Waals surface area contributed by atoms with Crippen LogP contribution in [-0.4, -0.2) is 30.7 Å². The van der Waals surface area contributed by atoms with Crippen molar-refractivity contribution in [2.24, 2.45) is 0 Å². The fourth-order valence-corrected chi connectivity index (χ4v) is 3.08. The first kappa shape index (κ1) is 18.8. The van der Waals surface area contributed by atoms with Gasteiger partial charge in [-0.2, -0.15) is 0 Å². The summed E-state index contributed by atoms with van der Waals surface area (Å²) in [6.45, 7) is 0.342. The highest BCUT2D eigenvalue weighted by atomic mass is 16.5. The van der Waals surface area contributed by atoms with Crippen LogP contribution in [-0.2, 0) is 15.0 Å². The van der Waals surface area contributed by atoms with Gasteiger partial charge in [0, 0.05) is 17.7 Å². The topological polar surface area (TPSA) is 84.9 Å². The number of benzene rings is 2. The maximum atomic E-state index is 12.9. The molecule has 3 rings (SSSR count). The van der Waals surface area contributed by atoms with E-state index in [-0.39, 0.29) is 12.3 Å². The Morgan fingerprint density at radius 2 is 1.81 bits per heavy atom. The molecule has 2 aromatic rings. The Balaban J connectivity index is 1.60. The fourth-order valence-electron chi connectivity index (χ4n) is 3.08. The van der Waals surface area contributed by atoms with Gasteiger partial charge in [-0.3, -0.25) is 9.59 Å². The Hall–Kier alpha value is -3.02. The van der Waals surface area contributed by atoms with Crippen LogP contribution >= 0.6 is 0 Å².